The van der Waals surface area contributed by atoms with Crippen molar-refractivity contribution in [1.82, 2.24) is 19.7 Å². The number of halogens is 1. The van der Waals surface area contributed by atoms with Gasteiger partial charge in [-0.3, -0.25) is 0 Å². The van der Waals surface area contributed by atoms with Gasteiger partial charge in [0.25, 0.3) is 10.0 Å². The number of nitrogens with zero attached hydrogens (tertiary/aromatic N) is 4. The van der Waals surface area contributed by atoms with Gasteiger partial charge in [0.2, 0.25) is 5.03 Å². The molecule has 94 valence electrons. The van der Waals surface area contributed by atoms with E-state index >= 15 is 0 Å². The summed E-state index contributed by atoms with van der Waals surface area (Å²) in [6, 6.07) is 1.53. The molecule has 0 aliphatic carbocycles. The molecule has 0 aliphatic rings. The molecule has 0 aromatic carbocycles. The Morgan fingerprint density at radius 1 is 1.65 bits per heavy atom. The first-order chi connectivity index (χ1) is 7.92. The highest BCUT2D eigenvalue weighted by atomic mass is 79.9. The first kappa shape index (κ1) is 14.1. The molecule has 1 aromatic heterocycles. The van der Waals surface area contributed by atoms with Gasteiger partial charge >= 0.3 is 0 Å². The van der Waals surface area contributed by atoms with Crippen LogP contribution in [-0.4, -0.2) is 29.5 Å². The van der Waals surface area contributed by atoms with Crippen LogP contribution in [0.4, 0.5) is 0 Å². The second-order valence-corrected chi connectivity index (χ2v) is 5.78. The van der Waals surface area contributed by atoms with E-state index in [9.17, 15) is 8.42 Å². The monoisotopic (exact) mass is 321 g/mol. The number of aryl methyl sites for hydroxylation is 1. The molecule has 1 rings (SSSR count). The van der Waals surface area contributed by atoms with Crippen LogP contribution >= 0.6 is 15.9 Å². The zero-order valence-electron chi connectivity index (χ0n) is 9.38. The first-order valence-corrected chi connectivity index (χ1v) is 7.14. The molecule has 0 bridgehead atoms. The minimum atomic E-state index is -3.72. The van der Waals surface area contributed by atoms with Crippen LogP contribution in [0.3, 0.4) is 0 Å². The van der Waals surface area contributed by atoms with Gasteiger partial charge in [-0.05, 0) is 22.4 Å². The first-order valence-electron chi connectivity index (χ1n) is 4.86. The number of hydrogen-bond donors (Lipinski definition) is 1. The average molecular weight is 322 g/mol. The van der Waals surface area contributed by atoms with Gasteiger partial charge in [-0.25, -0.2) is 17.8 Å². The van der Waals surface area contributed by atoms with Crippen LogP contribution in [0.5, 0.6) is 0 Å². The van der Waals surface area contributed by atoms with E-state index < -0.39 is 16.1 Å². The lowest BCUT2D eigenvalue weighted by Gasteiger charge is -2.13. The van der Waals surface area contributed by atoms with Crippen molar-refractivity contribution in [2.75, 3.05) is 0 Å². The molecule has 1 unspecified atom stereocenters. The minimum Gasteiger partial charge on any atom is -0.235 e. The minimum absolute atomic E-state index is 0.0473. The molecule has 0 amide bonds. The van der Waals surface area contributed by atoms with Crippen molar-refractivity contribution >= 4 is 26.0 Å². The van der Waals surface area contributed by atoms with Crippen molar-refractivity contribution < 1.29 is 8.42 Å². The van der Waals surface area contributed by atoms with Gasteiger partial charge in [-0.1, -0.05) is 12.1 Å². The topological polar surface area (TPSA) is 101 Å². The molecular weight excluding hydrogens is 310 g/mol. The zero-order chi connectivity index (χ0) is 13.1. The fraction of sp³-hybridized carbons (Fsp3) is 0.625. The predicted molar refractivity (Wildman–Crippen MR) is 63.3 cm³/mol. The SMILES string of the molecule is CCC(CC#N)NS(=O)(=O)c1c(Br)nnn1C. The molecule has 0 saturated heterocycles. The Labute approximate surface area is 108 Å². The van der Waals surface area contributed by atoms with Gasteiger partial charge < -0.3 is 0 Å². The summed E-state index contributed by atoms with van der Waals surface area (Å²) in [6.45, 7) is 1.81. The van der Waals surface area contributed by atoms with Crippen molar-refractivity contribution in [2.24, 2.45) is 7.05 Å². The third-order valence-corrected chi connectivity index (χ3v) is 4.55. The lowest BCUT2D eigenvalue weighted by atomic mass is 10.2. The molecule has 0 fully saturated rings. The van der Waals surface area contributed by atoms with E-state index in [0.717, 1.165) is 4.68 Å². The summed E-state index contributed by atoms with van der Waals surface area (Å²) in [6.07, 6.45) is 0.661. The van der Waals surface area contributed by atoms with Crippen LogP contribution in [0.1, 0.15) is 19.8 Å². The van der Waals surface area contributed by atoms with Crippen LogP contribution in [0.2, 0.25) is 0 Å². The van der Waals surface area contributed by atoms with Crippen LogP contribution in [0.15, 0.2) is 9.63 Å². The standard InChI is InChI=1S/C8H12BrN5O2S/c1-3-6(4-5-10)12-17(15,16)8-7(9)11-13-14(8)2/h6,12H,3-4H2,1-2H3. The summed E-state index contributed by atoms with van der Waals surface area (Å²) < 4.78 is 27.8. The van der Waals surface area contributed by atoms with Crippen LogP contribution in [0, 0.1) is 11.3 Å². The third kappa shape index (κ3) is 3.24. The number of hydrogen-bond acceptors (Lipinski definition) is 5. The Balaban J connectivity index is 3.01. The molecule has 7 nitrogen and oxygen atoms in total. The summed E-state index contributed by atoms with van der Waals surface area (Å²) in [4.78, 5) is 0. The van der Waals surface area contributed by atoms with Crippen molar-refractivity contribution in [1.29, 1.82) is 5.26 Å². The smallest absolute Gasteiger partial charge is 0.235 e. The number of nitriles is 1. The van der Waals surface area contributed by atoms with Gasteiger partial charge in [0.1, 0.15) is 0 Å². The van der Waals surface area contributed by atoms with E-state index in [1.54, 1.807) is 6.92 Å². The van der Waals surface area contributed by atoms with Gasteiger partial charge in [-0.2, -0.15) is 5.26 Å². The predicted octanol–water partition coefficient (Wildman–Crippen LogP) is 0.548. The average Bonchev–Trinajstić information content (AvgIpc) is 2.58. The highest BCUT2D eigenvalue weighted by Gasteiger charge is 2.26. The highest BCUT2D eigenvalue weighted by Crippen LogP contribution is 2.18. The number of rotatable bonds is 5. The van der Waals surface area contributed by atoms with E-state index in [0.29, 0.717) is 6.42 Å². The van der Waals surface area contributed by atoms with E-state index in [1.807, 2.05) is 6.07 Å². The van der Waals surface area contributed by atoms with Gasteiger partial charge in [0.05, 0.1) is 12.5 Å². The molecular formula is C8H12BrN5O2S. The van der Waals surface area contributed by atoms with Crippen molar-refractivity contribution in [3.63, 3.8) is 0 Å². The van der Waals surface area contributed by atoms with Crippen LogP contribution in [-0.2, 0) is 17.1 Å². The largest absolute Gasteiger partial charge is 0.260 e. The molecule has 0 aliphatic heterocycles. The van der Waals surface area contributed by atoms with Crippen molar-refractivity contribution in [2.45, 2.75) is 30.8 Å². The molecule has 9 heteroatoms. The van der Waals surface area contributed by atoms with E-state index in [2.05, 4.69) is 31.0 Å². The Morgan fingerprint density at radius 2 is 2.29 bits per heavy atom. The normalized spacial score (nSPS) is 13.3. The summed E-state index contributed by atoms with van der Waals surface area (Å²) >= 11 is 3.03. The summed E-state index contributed by atoms with van der Waals surface area (Å²) in [7, 11) is -2.24. The molecule has 0 radical (unpaired) electrons. The van der Waals surface area contributed by atoms with Gasteiger partial charge in [-0.15, -0.1) is 5.10 Å². The lowest BCUT2D eigenvalue weighted by molar-refractivity contribution is 0.529. The Bertz CT molecular complexity index is 513. The van der Waals surface area contributed by atoms with Crippen molar-refractivity contribution in [3.8, 4) is 6.07 Å². The number of nitrogens with one attached hydrogen (secondary N) is 1. The van der Waals surface area contributed by atoms with Crippen LogP contribution in [0.25, 0.3) is 0 Å². The second kappa shape index (κ2) is 5.57. The lowest BCUT2D eigenvalue weighted by Crippen LogP contribution is -2.35. The van der Waals surface area contributed by atoms with E-state index in [1.165, 1.54) is 7.05 Å². The Hall–Kier alpha value is -0.980. The number of sulfonamides is 1. The molecule has 1 heterocycles. The molecule has 17 heavy (non-hydrogen) atoms. The third-order valence-electron chi connectivity index (χ3n) is 2.14. The quantitative estimate of drug-likeness (QED) is 0.853. The highest BCUT2D eigenvalue weighted by molar-refractivity contribution is 9.10. The fourth-order valence-corrected chi connectivity index (χ4v) is 3.68. The summed E-state index contributed by atoms with van der Waals surface area (Å²) in [5.41, 5.74) is 0. The van der Waals surface area contributed by atoms with Gasteiger partial charge in [0.15, 0.2) is 4.60 Å². The maximum absolute atomic E-state index is 12.0. The maximum atomic E-state index is 12.0. The molecule has 1 aromatic rings. The zero-order valence-corrected chi connectivity index (χ0v) is 11.8. The van der Waals surface area contributed by atoms with E-state index in [-0.39, 0.29) is 16.0 Å². The Morgan fingerprint density at radius 3 is 2.71 bits per heavy atom. The number of aromatic nitrogens is 3. The fourth-order valence-electron chi connectivity index (χ4n) is 1.26. The van der Waals surface area contributed by atoms with E-state index in [4.69, 9.17) is 5.26 Å². The molecule has 1 N–H and O–H groups in total. The molecule has 0 spiro atoms. The second-order valence-electron chi connectivity index (χ2n) is 3.40. The van der Waals surface area contributed by atoms with Crippen LogP contribution < -0.4 is 4.72 Å². The Kier molecular flexibility index (Phi) is 4.62. The molecule has 1 atom stereocenters. The molecule has 0 saturated carbocycles. The van der Waals surface area contributed by atoms with Crippen molar-refractivity contribution in [3.05, 3.63) is 4.60 Å². The summed E-state index contributed by atoms with van der Waals surface area (Å²) in [5, 5.41) is 15.7. The summed E-state index contributed by atoms with van der Waals surface area (Å²) in [5.74, 6) is 0. The maximum Gasteiger partial charge on any atom is 0.260 e. The van der Waals surface area contributed by atoms with Gasteiger partial charge in [0, 0.05) is 13.1 Å².